The first-order valence-corrected chi connectivity index (χ1v) is 16.4. The lowest BCUT2D eigenvalue weighted by Gasteiger charge is -2.59. The molecule has 2 heterocycles. The van der Waals surface area contributed by atoms with Crippen LogP contribution in [-0.4, -0.2) is 101 Å². The third-order valence-electron chi connectivity index (χ3n) is 9.66. The highest BCUT2D eigenvalue weighted by Gasteiger charge is 2.81. The first-order valence-electron chi connectivity index (χ1n) is 15.9. The zero-order valence-electron chi connectivity index (χ0n) is 28.0. The second-order valence-corrected chi connectivity index (χ2v) is 13.2. The quantitative estimate of drug-likeness (QED) is 0.160. The first-order chi connectivity index (χ1) is 22.5. The highest BCUT2D eigenvalue weighted by atomic mass is 35.5. The Morgan fingerprint density at radius 3 is 2.04 bits per heavy atom. The SMILES string of the molecule is CCCCC(=O)O[C@H]1[C@@H](OC(C)=O)[C@@H](OC(C)=O)[C@]2(CO2)[C@@H]2[C@H](OC(C)=O)[C@]3(O)[C@H](/C=C(CCl)\C=C/[C@H](OC(C)=O)[C@@]12C)OC(=O)[C@@H]3C. The summed E-state index contributed by atoms with van der Waals surface area (Å²) in [5.41, 5.74) is -5.51. The number of unbranched alkanes of at least 4 members (excludes halogenated alkanes) is 1. The van der Waals surface area contributed by atoms with Crippen molar-refractivity contribution in [1.29, 1.82) is 0 Å². The largest absolute Gasteiger partial charge is 0.459 e. The summed E-state index contributed by atoms with van der Waals surface area (Å²) in [4.78, 5) is 77.7. The van der Waals surface area contributed by atoms with Gasteiger partial charge in [0.05, 0.1) is 17.9 Å². The molecule has 0 aromatic carbocycles. The number of epoxide rings is 1. The van der Waals surface area contributed by atoms with Crippen molar-refractivity contribution in [3.05, 3.63) is 23.8 Å². The fourth-order valence-electron chi connectivity index (χ4n) is 7.44. The average Bonchev–Trinajstić information content (AvgIpc) is 3.75. The zero-order valence-corrected chi connectivity index (χ0v) is 28.8. The van der Waals surface area contributed by atoms with Gasteiger partial charge in [0.15, 0.2) is 30.0 Å². The summed E-state index contributed by atoms with van der Waals surface area (Å²) in [6.45, 7) is 9.09. The van der Waals surface area contributed by atoms with Crippen molar-refractivity contribution in [3.63, 3.8) is 0 Å². The molecule has 15 heteroatoms. The molecule has 1 spiro atoms. The third kappa shape index (κ3) is 6.71. The monoisotopic (exact) mass is 698 g/mol. The van der Waals surface area contributed by atoms with Gasteiger partial charge in [0.2, 0.25) is 0 Å². The Bertz CT molecular complexity index is 1390. The number of rotatable bonds is 9. The van der Waals surface area contributed by atoms with E-state index in [1.165, 1.54) is 25.2 Å². The average molecular weight is 699 g/mol. The van der Waals surface area contributed by atoms with Crippen molar-refractivity contribution in [2.24, 2.45) is 17.3 Å². The van der Waals surface area contributed by atoms with Crippen molar-refractivity contribution >= 4 is 47.4 Å². The van der Waals surface area contributed by atoms with E-state index in [0.717, 1.165) is 27.7 Å². The Labute approximate surface area is 283 Å². The van der Waals surface area contributed by atoms with Crippen molar-refractivity contribution in [3.8, 4) is 0 Å². The molecular formula is C33H43ClO14. The van der Waals surface area contributed by atoms with E-state index in [0.29, 0.717) is 18.4 Å². The Morgan fingerprint density at radius 1 is 0.938 bits per heavy atom. The Hall–Kier alpha value is -3.49. The lowest BCUT2D eigenvalue weighted by atomic mass is 9.51. The molecule has 11 atom stereocenters. The summed E-state index contributed by atoms with van der Waals surface area (Å²) < 4.78 is 41.3. The smallest absolute Gasteiger partial charge is 0.312 e. The van der Waals surface area contributed by atoms with Crippen LogP contribution in [0.25, 0.3) is 0 Å². The van der Waals surface area contributed by atoms with Crippen molar-refractivity contribution in [2.75, 3.05) is 12.5 Å². The molecule has 0 bridgehead atoms. The second-order valence-electron chi connectivity index (χ2n) is 13.0. The summed E-state index contributed by atoms with van der Waals surface area (Å²) in [5, 5.41) is 12.7. The number of hydrogen-bond donors (Lipinski definition) is 1. The molecule has 2 saturated heterocycles. The molecule has 2 aliphatic carbocycles. The van der Waals surface area contributed by atoms with E-state index < -0.39 is 101 Å². The van der Waals surface area contributed by atoms with Crippen LogP contribution in [0.3, 0.4) is 0 Å². The van der Waals surface area contributed by atoms with Gasteiger partial charge in [-0.05, 0) is 31.1 Å². The van der Waals surface area contributed by atoms with Gasteiger partial charge in [0.1, 0.15) is 17.8 Å². The predicted molar refractivity (Wildman–Crippen MR) is 164 cm³/mol. The van der Waals surface area contributed by atoms with Crippen LogP contribution >= 0.6 is 11.6 Å². The number of allylic oxidation sites excluding steroid dienone is 2. The lowest BCUT2D eigenvalue weighted by Crippen LogP contribution is -2.76. The van der Waals surface area contributed by atoms with Gasteiger partial charge in [-0.3, -0.25) is 28.8 Å². The number of carbonyl (C=O) groups is 6. The minimum absolute atomic E-state index is 0.0492. The Morgan fingerprint density at radius 2 is 1.52 bits per heavy atom. The molecule has 0 aromatic rings. The summed E-state index contributed by atoms with van der Waals surface area (Å²) in [7, 11) is 0. The van der Waals surface area contributed by atoms with Gasteiger partial charge < -0.3 is 38.3 Å². The van der Waals surface area contributed by atoms with Crippen LogP contribution in [0, 0.1) is 17.3 Å². The molecule has 48 heavy (non-hydrogen) atoms. The summed E-state index contributed by atoms with van der Waals surface area (Å²) >= 11 is 6.27. The Balaban J connectivity index is 2.15. The normalized spacial score (nSPS) is 40.1. The summed E-state index contributed by atoms with van der Waals surface area (Å²) in [6, 6.07) is 0. The predicted octanol–water partition coefficient (Wildman–Crippen LogP) is 2.25. The maximum absolute atomic E-state index is 13.5. The van der Waals surface area contributed by atoms with Gasteiger partial charge >= 0.3 is 35.8 Å². The fourth-order valence-corrected chi connectivity index (χ4v) is 7.62. The lowest BCUT2D eigenvalue weighted by molar-refractivity contribution is -0.279. The third-order valence-corrected chi connectivity index (χ3v) is 9.97. The number of halogens is 1. The molecular weight excluding hydrogens is 656 g/mol. The van der Waals surface area contributed by atoms with E-state index in [1.807, 2.05) is 6.92 Å². The van der Waals surface area contributed by atoms with E-state index in [2.05, 4.69) is 0 Å². The topological polar surface area (TPSA) is 191 Å². The Kier molecular flexibility index (Phi) is 11.0. The minimum Gasteiger partial charge on any atom is -0.459 e. The second kappa shape index (κ2) is 14.2. The van der Waals surface area contributed by atoms with E-state index >= 15 is 0 Å². The number of aliphatic hydroxyl groups is 1. The minimum atomic E-state index is -2.33. The van der Waals surface area contributed by atoms with Crippen molar-refractivity contribution < 1.29 is 67.0 Å². The van der Waals surface area contributed by atoms with Gasteiger partial charge in [0, 0.05) is 45.9 Å². The van der Waals surface area contributed by atoms with Crippen LogP contribution < -0.4 is 0 Å². The molecule has 4 rings (SSSR count). The highest BCUT2D eigenvalue weighted by Crippen LogP contribution is 2.63. The summed E-state index contributed by atoms with van der Waals surface area (Å²) in [6.07, 6.45) is -3.74. The molecule has 0 unspecified atom stereocenters. The highest BCUT2D eigenvalue weighted by molar-refractivity contribution is 6.19. The molecule has 14 nitrogen and oxygen atoms in total. The van der Waals surface area contributed by atoms with Crippen LogP contribution in [0.4, 0.5) is 0 Å². The van der Waals surface area contributed by atoms with E-state index in [4.69, 9.17) is 44.8 Å². The molecule has 1 N–H and O–H groups in total. The maximum Gasteiger partial charge on any atom is 0.312 e. The molecule has 2 aliphatic heterocycles. The van der Waals surface area contributed by atoms with Gasteiger partial charge in [-0.25, -0.2) is 0 Å². The molecule has 266 valence electrons. The molecule has 3 fully saturated rings. The molecule has 0 amide bonds. The van der Waals surface area contributed by atoms with Gasteiger partial charge in [-0.1, -0.05) is 26.3 Å². The number of hydrogen-bond acceptors (Lipinski definition) is 14. The zero-order chi connectivity index (χ0) is 35.8. The van der Waals surface area contributed by atoms with Crippen LogP contribution in [-0.2, 0) is 61.9 Å². The van der Waals surface area contributed by atoms with E-state index in [-0.39, 0.29) is 18.9 Å². The molecule has 4 aliphatic rings. The van der Waals surface area contributed by atoms with Gasteiger partial charge in [0.25, 0.3) is 0 Å². The number of ether oxygens (including phenoxy) is 7. The van der Waals surface area contributed by atoms with Crippen molar-refractivity contribution in [1.82, 2.24) is 0 Å². The number of alkyl halides is 1. The molecule has 0 aromatic heterocycles. The number of fused-ring (bicyclic) bond motifs is 3. The van der Waals surface area contributed by atoms with Gasteiger partial charge in [-0.2, -0.15) is 0 Å². The van der Waals surface area contributed by atoms with Crippen LogP contribution in [0.15, 0.2) is 23.8 Å². The number of carbonyl (C=O) groups excluding carboxylic acids is 6. The molecule has 1 saturated carbocycles. The summed E-state index contributed by atoms with van der Waals surface area (Å²) in [5.74, 6) is -7.67. The first kappa shape index (κ1) is 37.3. The van der Waals surface area contributed by atoms with Crippen LogP contribution in [0.5, 0.6) is 0 Å². The van der Waals surface area contributed by atoms with E-state index in [1.54, 1.807) is 6.92 Å². The standard InChI is InChI=1S/C33H43ClO14/c1-8-9-10-24(39)48-27-25(44-18(4)36)28(45-19(5)37)32(15-42-32)26-29(46-20(6)38)33(41)16(2)30(40)47-23(33)13-21(14-34)11-12-22(31(26,27)7)43-17(3)35/h11-13,16,22-23,25-29,41H,8-10,14-15H2,1-7H3/b12-11-,21-13+/t16-,22-,23-,25+,26+,27-,28+,29-,31+,32-,33+/m0/s1. The van der Waals surface area contributed by atoms with Crippen LogP contribution in [0.1, 0.15) is 67.7 Å². The maximum atomic E-state index is 13.5. The van der Waals surface area contributed by atoms with E-state index in [9.17, 15) is 33.9 Å². The van der Waals surface area contributed by atoms with Crippen molar-refractivity contribution in [2.45, 2.75) is 116 Å². The number of esters is 6. The van der Waals surface area contributed by atoms with Crippen LogP contribution in [0.2, 0.25) is 0 Å². The van der Waals surface area contributed by atoms with Gasteiger partial charge in [-0.15, -0.1) is 11.6 Å². The fraction of sp³-hybridized carbons (Fsp3) is 0.697. The molecule has 0 radical (unpaired) electrons.